The average molecular weight is 312 g/mol. The molecule has 23 heavy (non-hydrogen) atoms. The minimum absolute atomic E-state index is 0.214. The van der Waals surface area contributed by atoms with Gasteiger partial charge in [0.15, 0.2) is 0 Å². The highest BCUT2D eigenvalue weighted by molar-refractivity contribution is 5.93. The summed E-state index contributed by atoms with van der Waals surface area (Å²) < 4.78 is 0. The summed E-state index contributed by atoms with van der Waals surface area (Å²) in [7, 11) is 0. The smallest absolute Gasteiger partial charge is 0.254 e. The normalized spacial score (nSPS) is 15.7. The van der Waals surface area contributed by atoms with E-state index in [4.69, 9.17) is 0 Å². The minimum Gasteiger partial charge on any atom is -0.390 e. The molecule has 0 radical (unpaired) electrons. The molecule has 1 atom stereocenters. The Hall–Kier alpha value is -2.31. The third-order valence-electron chi connectivity index (χ3n) is 4.00. The number of carbonyl (C=O) groups excluding carboxylic acids is 1. The van der Waals surface area contributed by atoms with Crippen molar-refractivity contribution in [2.24, 2.45) is 0 Å². The molecule has 1 amide bonds. The Morgan fingerprint density at radius 3 is 2.78 bits per heavy atom. The van der Waals surface area contributed by atoms with E-state index in [-0.39, 0.29) is 12.5 Å². The zero-order valence-corrected chi connectivity index (χ0v) is 12.9. The summed E-state index contributed by atoms with van der Waals surface area (Å²) in [6.45, 7) is 2.52. The molecule has 2 heterocycles. The van der Waals surface area contributed by atoms with Crippen LogP contribution in [0.4, 0.5) is 0 Å². The highest BCUT2D eigenvalue weighted by Crippen LogP contribution is 2.18. The lowest BCUT2D eigenvalue weighted by Gasteiger charge is -2.30. The number of aliphatic hydroxyl groups excluding tert-OH is 1. The second-order valence-electron chi connectivity index (χ2n) is 5.74. The van der Waals surface area contributed by atoms with Gasteiger partial charge in [0.05, 0.1) is 11.7 Å². The molecule has 2 N–H and O–H groups in total. The summed E-state index contributed by atoms with van der Waals surface area (Å²) >= 11 is 0. The molecule has 1 aliphatic rings. The molecule has 120 valence electrons. The van der Waals surface area contributed by atoms with Crippen molar-refractivity contribution in [2.45, 2.75) is 19.1 Å². The van der Waals surface area contributed by atoms with Crippen LogP contribution in [-0.2, 0) is 13.0 Å². The predicted molar refractivity (Wildman–Crippen MR) is 85.8 cm³/mol. The first-order valence-corrected chi connectivity index (χ1v) is 7.73. The fourth-order valence-electron chi connectivity index (χ4n) is 2.80. The van der Waals surface area contributed by atoms with Crippen LogP contribution in [0.2, 0.25) is 0 Å². The van der Waals surface area contributed by atoms with Crippen LogP contribution >= 0.6 is 0 Å². The Labute approximate surface area is 135 Å². The molecule has 1 aliphatic heterocycles. The number of fused-ring (bicyclic) bond motifs is 1. The maximum Gasteiger partial charge on any atom is 0.254 e. The fourth-order valence-corrected chi connectivity index (χ4v) is 2.80. The van der Waals surface area contributed by atoms with E-state index in [2.05, 4.69) is 38.4 Å². The van der Waals surface area contributed by atoms with Gasteiger partial charge in [0.25, 0.3) is 5.91 Å². The first-order valence-electron chi connectivity index (χ1n) is 7.73. The molecular formula is C17H20N4O2. The van der Waals surface area contributed by atoms with Crippen LogP contribution in [0.3, 0.4) is 0 Å². The largest absolute Gasteiger partial charge is 0.390 e. The van der Waals surface area contributed by atoms with Gasteiger partial charge in [0.1, 0.15) is 6.33 Å². The minimum atomic E-state index is -0.603. The van der Waals surface area contributed by atoms with E-state index in [9.17, 15) is 9.90 Å². The molecule has 2 aromatic rings. The van der Waals surface area contributed by atoms with E-state index < -0.39 is 6.10 Å². The number of hydrogen-bond acceptors (Lipinski definition) is 5. The van der Waals surface area contributed by atoms with Crippen LogP contribution < -0.4 is 5.32 Å². The van der Waals surface area contributed by atoms with E-state index in [1.54, 1.807) is 0 Å². The van der Waals surface area contributed by atoms with E-state index >= 15 is 0 Å². The Morgan fingerprint density at radius 1 is 1.26 bits per heavy atom. The van der Waals surface area contributed by atoms with E-state index in [1.165, 1.54) is 29.8 Å². The molecule has 6 nitrogen and oxygen atoms in total. The van der Waals surface area contributed by atoms with Gasteiger partial charge in [-0.3, -0.25) is 9.69 Å². The number of benzene rings is 1. The molecule has 0 unspecified atom stereocenters. The quantitative estimate of drug-likeness (QED) is 0.846. The number of nitrogens with zero attached hydrogens (tertiary/aromatic N) is 3. The summed E-state index contributed by atoms with van der Waals surface area (Å²) in [5.74, 6) is -0.270. The number of amides is 1. The molecule has 0 saturated heterocycles. The monoisotopic (exact) mass is 312 g/mol. The van der Waals surface area contributed by atoms with Gasteiger partial charge in [0, 0.05) is 38.6 Å². The van der Waals surface area contributed by atoms with Crippen molar-refractivity contribution in [1.29, 1.82) is 0 Å². The van der Waals surface area contributed by atoms with Crippen LogP contribution in [0.1, 0.15) is 21.5 Å². The zero-order valence-electron chi connectivity index (χ0n) is 12.9. The number of carbonyl (C=O) groups is 1. The molecule has 0 bridgehead atoms. The van der Waals surface area contributed by atoms with Gasteiger partial charge in [-0.1, -0.05) is 24.3 Å². The molecule has 0 saturated carbocycles. The van der Waals surface area contributed by atoms with Crippen LogP contribution in [0, 0.1) is 0 Å². The first kappa shape index (κ1) is 15.6. The van der Waals surface area contributed by atoms with Crippen LogP contribution in [0.15, 0.2) is 43.0 Å². The van der Waals surface area contributed by atoms with Crippen molar-refractivity contribution in [3.8, 4) is 0 Å². The molecule has 0 aliphatic carbocycles. The van der Waals surface area contributed by atoms with Crippen molar-refractivity contribution >= 4 is 5.91 Å². The lowest BCUT2D eigenvalue weighted by molar-refractivity contribution is 0.0841. The molecular weight excluding hydrogens is 292 g/mol. The van der Waals surface area contributed by atoms with Gasteiger partial charge < -0.3 is 10.4 Å². The van der Waals surface area contributed by atoms with Gasteiger partial charge in [0.2, 0.25) is 0 Å². The van der Waals surface area contributed by atoms with Gasteiger partial charge in [-0.2, -0.15) is 0 Å². The fraction of sp³-hybridized carbons (Fsp3) is 0.353. The summed E-state index contributed by atoms with van der Waals surface area (Å²) in [5.41, 5.74) is 3.10. The maximum atomic E-state index is 11.9. The Balaban J connectivity index is 1.47. The second kappa shape index (κ2) is 7.30. The van der Waals surface area contributed by atoms with Crippen molar-refractivity contribution in [3.05, 3.63) is 59.7 Å². The Bertz CT molecular complexity index is 663. The molecule has 0 fully saturated rings. The summed E-state index contributed by atoms with van der Waals surface area (Å²) in [5, 5.41) is 12.9. The van der Waals surface area contributed by atoms with Gasteiger partial charge >= 0.3 is 0 Å². The topological polar surface area (TPSA) is 78.4 Å². The molecule has 0 spiro atoms. The van der Waals surface area contributed by atoms with Gasteiger partial charge in [-0.05, 0) is 17.5 Å². The number of hydrogen-bond donors (Lipinski definition) is 2. The summed E-state index contributed by atoms with van der Waals surface area (Å²) in [4.78, 5) is 21.7. The van der Waals surface area contributed by atoms with Crippen molar-refractivity contribution in [1.82, 2.24) is 20.2 Å². The Kier molecular flexibility index (Phi) is 4.95. The van der Waals surface area contributed by atoms with E-state index in [1.807, 2.05) is 6.07 Å². The zero-order chi connectivity index (χ0) is 16.1. The molecule has 1 aromatic heterocycles. The highest BCUT2D eigenvalue weighted by atomic mass is 16.3. The van der Waals surface area contributed by atoms with Crippen molar-refractivity contribution in [2.75, 3.05) is 19.6 Å². The standard InChI is InChI=1S/C17H20N4O2/c22-16(9-20-17(23)15-7-18-12-19-8-15)11-21-6-5-13-3-1-2-4-14(13)10-21/h1-4,7-8,12,16,22H,5-6,9-11H2,(H,20,23)/t16-/m0/s1. The number of nitrogens with one attached hydrogen (secondary N) is 1. The van der Waals surface area contributed by atoms with Crippen molar-refractivity contribution in [3.63, 3.8) is 0 Å². The second-order valence-corrected chi connectivity index (χ2v) is 5.74. The summed E-state index contributed by atoms with van der Waals surface area (Å²) in [6, 6.07) is 8.39. The average Bonchev–Trinajstić information content (AvgIpc) is 2.60. The number of aromatic nitrogens is 2. The third kappa shape index (κ3) is 4.12. The summed E-state index contributed by atoms with van der Waals surface area (Å²) in [6.07, 6.45) is 4.68. The lowest BCUT2D eigenvalue weighted by Crippen LogP contribution is -2.42. The first-order chi connectivity index (χ1) is 11.2. The number of β-amino-alcohol motifs (C(OH)–C–C–N with tert-alkyl or cyclic N) is 1. The number of rotatable bonds is 5. The van der Waals surface area contributed by atoms with Crippen LogP contribution in [-0.4, -0.2) is 51.6 Å². The van der Waals surface area contributed by atoms with E-state index in [0.29, 0.717) is 12.1 Å². The van der Waals surface area contributed by atoms with Crippen molar-refractivity contribution < 1.29 is 9.90 Å². The van der Waals surface area contributed by atoms with E-state index in [0.717, 1.165) is 19.5 Å². The third-order valence-corrected chi connectivity index (χ3v) is 4.00. The van der Waals surface area contributed by atoms with Gasteiger partial charge in [-0.25, -0.2) is 9.97 Å². The Morgan fingerprint density at radius 2 is 2.00 bits per heavy atom. The predicted octanol–water partition coefficient (Wildman–Crippen LogP) is 0.626. The lowest BCUT2D eigenvalue weighted by atomic mass is 10.00. The molecule has 6 heteroatoms. The van der Waals surface area contributed by atoms with Crippen LogP contribution in [0.25, 0.3) is 0 Å². The number of aliphatic hydroxyl groups is 1. The van der Waals surface area contributed by atoms with Gasteiger partial charge in [-0.15, -0.1) is 0 Å². The maximum absolute atomic E-state index is 11.9. The molecule has 3 rings (SSSR count). The van der Waals surface area contributed by atoms with Crippen LogP contribution in [0.5, 0.6) is 0 Å². The molecule has 1 aromatic carbocycles. The SMILES string of the molecule is O=C(NC[C@H](O)CN1CCc2ccccc2C1)c1cncnc1. The highest BCUT2D eigenvalue weighted by Gasteiger charge is 2.18.